The quantitative estimate of drug-likeness (QED) is 0.367. The highest BCUT2D eigenvalue weighted by Crippen LogP contribution is 2.38. The Morgan fingerprint density at radius 3 is 2.66 bits per heavy atom. The first kappa shape index (κ1) is 23.1. The van der Waals surface area contributed by atoms with Crippen LogP contribution >= 0.6 is 15.9 Å². The molecule has 0 N–H and O–H groups in total. The molecule has 3 heterocycles. The van der Waals surface area contributed by atoms with Gasteiger partial charge in [-0.2, -0.15) is 10.2 Å². The van der Waals surface area contributed by atoms with Crippen LogP contribution in [0.25, 0.3) is 22.3 Å². The van der Waals surface area contributed by atoms with Crippen molar-refractivity contribution in [2.24, 2.45) is 7.05 Å². The third-order valence-corrected chi connectivity index (χ3v) is 7.36. The number of fused-ring (bicyclic) bond motifs is 1. The Bertz CT molecular complexity index is 1530. The van der Waals surface area contributed by atoms with Crippen molar-refractivity contribution in [3.05, 3.63) is 68.2 Å². The molecule has 0 radical (unpaired) electrons. The predicted octanol–water partition coefficient (Wildman–Crippen LogP) is 4.92. The van der Waals surface area contributed by atoms with Gasteiger partial charge >= 0.3 is 0 Å². The van der Waals surface area contributed by atoms with E-state index in [9.17, 15) is 10.1 Å². The molecule has 0 unspecified atom stereocenters. The van der Waals surface area contributed by atoms with E-state index in [4.69, 9.17) is 9.26 Å². The molecule has 0 aliphatic carbocycles. The number of hydrogen-bond acceptors (Lipinski definition) is 7. The summed E-state index contributed by atoms with van der Waals surface area (Å²) < 4.78 is 13.3. The van der Waals surface area contributed by atoms with Gasteiger partial charge in [0.25, 0.3) is 5.56 Å². The summed E-state index contributed by atoms with van der Waals surface area (Å²) >= 11 is 3.55. The van der Waals surface area contributed by atoms with Crippen LogP contribution in [-0.2, 0) is 7.05 Å². The average Bonchev–Trinajstić information content (AvgIpc) is 3.36. The van der Waals surface area contributed by atoms with Gasteiger partial charge in [0, 0.05) is 43.1 Å². The first-order chi connectivity index (χ1) is 16.9. The third-order valence-electron chi connectivity index (χ3n) is 6.74. The monoisotopic (exact) mass is 533 g/mol. The molecule has 2 aromatic carbocycles. The van der Waals surface area contributed by atoms with Crippen molar-refractivity contribution < 1.29 is 9.26 Å². The Hall–Kier alpha value is -3.64. The highest BCUT2D eigenvalue weighted by molar-refractivity contribution is 9.10. The normalized spacial score (nSPS) is 14.3. The molecule has 0 saturated carbocycles. The second-order valence-corrected chi connectivity index (χ2v) is 9.59. The van der Waals surface area contributed by atoms with Crippen LogP contribution in [-0.4, -0.2) is 34.9 Å². The van der Waals surface area contributed by atoms with Crippen molar-refractivity contribution >= 4 is 32.5 Å². The van der Waals surface area contributed by atoms with Crippen LogP contribution in [0.3, 0.4) is 0 Å². The zero-order valence-corrected chi connectivity index (χ0v) is 21.3. The standard InChI is InChI=1S/C26H24BrN5O3/c1-15-6-4-5-7-17(15)24-29-25(35-30-24)16-8-10-32(11-9-16)23-18-12-20(27)22(34-3)13-21(18)31(2)26(33)19(23)14-28/h4-7,12-13,16H,8-11H2,1-3H3. The Balaban J connectivity index is 1.46. The van der Waals surface area contributed by atoms with E-state index in [1.54, 1.807) is 14.2 Å². The van der Waals surface area contributed by atoms with E-state index < -0.39 is 0 Å². The maximum Gasteiger partial charge on any atom is 0.270 e. The fourth-order valence-electron chi connectivity index (χ4n) is 4.79. The fourth-order valence-corrected chi connectivity index (χ4v) is 5.30. The van der Waals surface area contributed by atoms with Gasteiger partial charge in [-0.3, -0.25) is 4.79 Å². The van der Waals surface area contributed by atoms with Gasteiger partial charge in [-0.25, -0.2) is 0 Å². The smallest absolute Gasteiger partial charge is 0.270 e. The number of hydrogen-bond donors (Lipinski definition) is 0. The van der Waals surface area contributed by atoms with E-state index in [1.807, 2.05) is 43.3 Å². The van der Waals surface area contributed by atoms with Crippen molar-refractivity contribution in [3.8, 4) is 23.2 Å². The van der Waals surface area contributed by atoms with E-state index in [0.29, 0.717) is 41.8 Å². The van der Waals surface area contributed by atoms with Crippen molar-refractivity contribution in [2.45, 2.75) is 25.7 Å². The molecule has 8 nitrogen and oxygen atoms in total. The lowest BCUT2D eigenvalue weighted by molar-refractivity contribution is 0.329. The molecule has 9 heteroatoms. The molecule has 5 rings (SSSR count). The minimum absolute atomic E-state index is 0.117. The van der Waals surface area contributed by atoms with Gasteiger partial charge in [0.05, 0.1) is 22.8 Å². The lowest BCUT2D eigenvalue weighted by Crippen LogP contribution is -2.35. The number of piperidine rings is 1. The molecular formula is C26H24BrN5O3. The largest absolute Gasteiger partial charge is 0.495 e. The van der Waals surface area contributed by atoms with Crippen molar-refractivity contribution in [1.29, 1.82) is 5.26 Å². The van der Waals surface area contributed by atoms with Crippen LogP contribution in [0.4, 0.5) is 5.69 Å². The number of halogens is 1. The number of nitrogens with zero attached hydrogens (tertiary/aromatic N) is 5. The lowest BCUT2D eigenvalue weighted by atomic mass is 9.95. The minimum Gasteiger partial charge on any atom is -0.495 e. The van der Waals surface area contributed by atoms with Crippen LogP contribution in [0.15, 0.2) is 50.2 Å². The van der Waals surface area contributed by atoms with Gasteiger partial charge in [-0.1, -0.05) is 29.4 Å². The fraction of sp³-hybridized carbons (Fsp3) is 0.308. The molecule has 1 aliphatic rings. The van der Waals surface area contributed by atoms with E-state index in [0.717, 1.165) is 33.8 Å². The van der Waals surface area contributed by atoms with Gasteiger partial charge in [-0.05, 0) is 47.3 Å². The molecule has 1 saturated heterocycles. The Morgan fingerprint density at radius 1 is 1.23 bits per heavy atom. The molecule has 1 aliphatic heterocycles. The highest BCUT2D eigenvalue weighted by atomic mass is 79.9. The van der Waals surface area contributed by atoms with Gasteiger partial charge < -0.3 is 18.7 Å². The predicted molar refractivity (Wildman–Crippen MR) is 137 cm³/mol. The number of benzene rings is 2. The van der Waals surface area contributed by atoms with Gasteiger partial charge in [0.15, 0.2) is 0 Å². The first-order valence-corrected chi connectivity index (χ1v) is 12.2. The number of anilines is 1. The summed E-state index contributed by atoms with van der Waals surface area (Å²) in [5, 5.41) is 14.9. The van der Waals surface area contributed by atoms with Crippen molar-refractivity contribution in [2.75, 3.05) is 25.1 Å². The summed E-state index contributed by atoms with van der Waals surface area (Å²) in [4.78, 5) is 19.8. The van der Waals surface area contributed by atoms with E-state index in [-0.39, 0.29) is 17.0 Å². The summed E-state index contributed by atoms with van der Waals surface area (Å²) in [5.41, 5.74) is 3.27. The molecule has 0 bridgehead atoms. The molecule has 0 spiro atoms. The number of pyridine rings is 1. The summed E-state index contributed by atoms with van der Waals surface area (Å²) in [6, 6.07) is 13.9. The molecular weight excluding hydrogens is 510 g/mol. The Kier molecular flexibility index (Phi) is 6.07. The molecule has 4 aromatic rings. The minimum atomic E-state index is -0.318. The summed E-state index contributed by atoms with van der Waals surface area (Å²) in [6.45, 7) is 3.35. The van der Waals surface area contributed by atoms with Crippen LogP contribution in [0.2, 0.25) is 0 Å². The van der Waals surface area contributed by atoms with Crippen LogP contribution in [0, 0.1) is 18.3 Å². The van der Waals surface area contributed by atoms with Gasteiger partial charge in [0.1, 0.15) is 17.4 Å². The number of ether oxygens (including phenoxy) is 1. The summed E-state index contributed by atoms with van der Waals surface area (Å²) in [6.07, 6.45) is 1.54. The second-order valence-electron chi connectivity index (χ2n) is 8.74. The van der Waals surface area contributed by atoms with Gasteiger partial charge in [0.2, 0.25) is 11.7 Å². The molecule has 0 atom stereocenters. The van der Waals surface area contributed by atoms with Crippen molar-refractivity contribution in [3.63, 3.8) is 0 Å². The van der Waals surface area contributed by atoms with Crippen LogP contribution in [0.1, 0.15) is 35.8 Å². The van der Waals surface area contributed by atoms with Crippen LogP contribution in [0.5, 0.6) is 5.75 Å². The average molecular weight is 534 g/mol. The number of nitriles is 1. The Morgan fingerprint density at radius 2 is 1.97 bits per heavy atom. The number of aromatic nitrogens is 3. The maximum atomic E-state index is 13.0. The molecule has 0 amide bonds. The first-order valence-electron chi connectivity index (χ1n) is 11.4. The van der Waals surface area contributed by atoms with Gasteiger partial charge in [-0.15, -0.1) is 0 Å². The lowest BCUT2D eigenvalue weighted by Gasteiger charge is -2.33. The number of rotatable bonds is 4. The number of aryl methyl sites for hydroxylation is 2. The molecule has 1 fully saturated rings. The van der Waals surface area contributed by atoms with Crippen LogP contribution < -0.4 is 15.2 Å². The molecule has 35 heavy (non-hydrogen) atoms. The van der Waals surface area contributed by atoms with E-state index in [1.165, 1.54) is 4.57 Å². The third kappa shape index (κ3) is 3.98. The highest BCUT2D eigenvalue weighted by Gasteiger charge is 2.29. The van der Waals surface area contributed by atoms with E-state index >= 15 is 0 Å². The Labute approximate surface area is 210 Å². The zero-order chi connectivity index (χ0) is 24.7. The summed E-state index contributed by atoms with van der Waals surface area (Å²) in [7, 11) is 3.26. The molecule has 2 aromatic heterocycles. The number of methoxy groups -OCH3 is 1. The van der Waals surface area contributed by atoms with E-state index in [2.05, 4.69) is 37.0 Å². The molecule has 178 valence electrons. The second kappa shape index (κ2) is 9.19. The summed E-state index contributed by atoms with van der Waals surface area (Å²) in [5.74, 6) is 1.97. The zero-order valence-electron chi connectivity index (χ0n) is 19.7. The van der Waals surface area contributed by atoms with Crippen molar-refractivity contribution in [1.82, 2.24) is 14.7 Å². The maximum absolute atomic E-state index is 13.0. The topological polar surface area (TPSA) is 97.2 Å². The SMILES string of the molecule is COc1cc2c(cc1Br)c(N1CCC(c3nc(-c4ccccc4C)no3)CC1)c(C#N)c(=O)n2C.